The van der Waals surface area contributed by atoms with Gasteiger partial charge in [-0.1, -0.05) is 42.5 Å². The van der Waals surface area contributed by atoms with Crippen molar-refractivity contribution in [1.82, 2.24) is 14.8 Å². The smallest absolute Gasteiger partial charge is 0.212 e. The number of nitrogen functional groups attached to an aromatic ring is 1. The van der Waals surface area contributed by atoms with Gasteiger partial charge in [-0.25, -0.2) is 9.37 Å². The summed E-state index contributed by atoms with van der Waals surface area (Å²) in [6, 6.07) is 16.1. The quantitative estimate of drug-likeness (QED) is 0.604. The van der Waals surface area contributed by atoms with Crippen LogP contribution in [0.15, 0.2) is 66.2 Å². The highest BCUT2D eigenvalue weighted by Crippen LogP contribution is 2.30. The Balaban J connectivity index is 1.71. The first-order valence-corrected chi connectivity index (χ1v) is 8.21. The Labute approximate surface area is 142 Å². The molecule has 2 aromatic heterocycles. The number of benzene rings is 2. The predicted octanol–water partition coefficient (Wildman–Crippen LogP) is 4.38. The molecule has 6 heteroatoms. The van der Waals surface area contributed by atoms with Gasteiger partial charge in [0.25, 0.3) is 0 Å². The summed E-state index contributed by atoms with van der Waals surface area (Å²) in [4.78, 5) is 4.61. The number of aromatic nitrogens is 3. The lowest BCUT2D eigenvalue weighted by molar-refractivity contribution is 0.628. The first-order valence-electron chi connectivity index (χ1n) is 7.33. The first kappa shape index (κ1) is 14.6. The largest absolute Gasteiger partial charge is 0.383 e. The molecule has 0 saturated carbocycles. The zero-order valence-electron chi connectivity index (χ0n) is 12.6. The molecule has 2 aromatic carbocycles. The molecule has 2 N–H and O–H groups in total. The summed E-state index contributed by atoms with van der Waals surface area (Å²) in [5.74, 6) is 0.202. The minimum absolute atomic E-state index is 0.280. The SMILES string of the molecule is Nc1c(-c2ccc(F)cc2)cnn1-c1nc(-c2ccccc2)cs1. The summed E-state index contributed by atoms with van der Waals surface area (Å²) >= 11 is 1.47. The Hall–Kier alpha value is -2.99. The second-order valence-corrected chi connectivity index (χ2v) is 6.08. The van der Waals surface area contributed by atoms with Crippen molar-refractivity contribution in [3.05, 3.63) is 72.0 Å². The lowest BCUT2D eigenvalue weighted by Gasteiger charge is -2.02. The number of rotatable bonds is 3. The maximum absolute atomic E-state index is 13.1. The summed E-state index contributed by atoms with van der Waals surface area (Å²) in [5.41, 5.74) is 9.73. The van der Waals surface area contributed by atoms with E-state index in [1.807, 2.05) is 35.7 Å². The van der Waals surface area contributed by atoms with Crippen LogP contribution in [0.3, 0.4) is 0 Å². The van der Waals surface area contributed by atoms with E-state index in [0.29, 0.717) is 10.9 Å². The fourth-order valence-electron chi connectivity index (χ4n) is 2.47. The van der Waals surface area contributed by atoms with Crippen LogP contribution in [0, 0.1) is 5.82 Å². The second-order valence-electron chi connectivity index (χ2n) is 5.24. The molecule has 0 amide bonds. The summed E-state index contributed by atoms with van der Waals surface area (Å²) in [6.07, 6.45) is 1.67. The highest BCUT2D eigenvalue weighted by molar-refractivity contribution is 7.12. The van der Waals surface area contributed by atoms with Gasteiger partial charge in [0.05, 0.1) is 11.9 Å². The summed E-state index contributed by atoms with van der Waals surface area (Å²) in [6.45, 7) is 0. The Morgan fingerprint density at radius 3 is 2.46 bits per heavy atom. The van der Waals surface area contributed by atoms with E-state index in [-0.39, 0.29) is 5.82 Å². The van der Waals surface area contributed by atoms with Crippen LogP contribution in [0.2, 0.25) is 0 Å². The Morgan fingerprint density at radius 2 is 1.71 bits per heavy atom. The molecule has 24 heavy (non-hydrogen) atoms. The number of nitrogens with two attached hydrogens (primary N) is 1. The van der Waals surface area contributed by atoms with Crippen LogP contribution in [0.4, 0.5) is 10.2 Å². The molecule has 0 aliphatic rings. The minimum atomic E-state index is -0.280. The van der Waals surface area contributed by atoms with Crippen molar-refractivity contribution in [2.45, 2.75) is 0 Å². The van der Waals surface area contributed by atoms with Crippen LogP contribution >= 0.6 is 11.3 Å². The molecule has 0 atom stereocenters. The third-order valence-corrected chi connectivity index (χ3v) is 4.52. The topological polar surface area (TPSA) is 56.7 Å². The standard InChI is InChI=1S/C18H13FN4S/c19-14-8-6-12(7-9-14)15-10-21-23(17(15)20)18-22-16(11-24-18)13-4-2-1-3-5-13/h1-11H,20H2. The van der Waals surface area contributed by atoms with Gasteiger partial charge in [0, 0.05) is 16.5 Å². The molecular weight excluding hydrogens is 323 g/mol. The molecule has 0 unspecified atom stereocenters. The van der Waals surface area contributed by atoms with Crippen molar-refractivity contribution >= 4 is 17.2 Å². The van der Waals surface area contributed by atoms with E-state index in [0.717, 1.165) is 22.4 Å². The molecule has 0 fully saturated rings. The number of thiazole rings is 1. The Bertz CT molecular complexity index is 974. The van der Waals surface area contributed by atoms with E-state index >= 15 is 0 Å². The summed E-state index contributed by atoms with van der Waals surface area (Å²) in [5, 5.41) is 7.01. The second kappa shape index (κ2) is 5.90. The number of anilines is 1. The maximum Gasteiger partial charge on any atom is 0.212 e. The molecule has 0 radical (unpaired) electrons. The van der Waals surface area contributed by atoms with Gasteiger partial charge in [-0.05, 0) is 17.7 Å². The van der Waals surface area contributed by atoms with Gasteiger partial charge >= 0.3 is 0 Å². The fourth-order valence-corrected chi connectivity index (χ4v) is 3.27. The van der Waals surface area contributed by atoms with Crippen molar-refractivity contribution in [2.75, 3.05) is 5.73 Å². The van der Waals surface area contributed by atoms with Crippen LogP contribution in [0.25, 0.3) is 27.5 Å². The third kappa shape index (κ3) is 2.57. The van der Waals surface area contributed by atoms with Crippen molar-refractivity contribution in [2.24, 2.45) is 0 Å². The molecule has 0 spiro atoms. The monoisotopic (exact) mass is 336 g/mol. The molecule has 0 aliphatic carbocycles. The van der Waals surface area contributed by atoms with Gasteiger partial charge < -0.3 is 5.73 Å². The van der Waals surface area contributed by atoms with Crippen LogP contribution in [-0.2, 0) is 0 Å². The number of halogens is 1. The average molecular weight is 336 g/mol. The van der Waals surface area contributed by atoms with Gasteiger partial charge in [0.15, 0.2) is 0 Å². The zero-order chi connectivity index (χ0) is 16.5. The third-order valence-electron chi connectivity index (χ3n) is 3.70. The van der Waals surface area contributed by atoms with E-state index in [4.69, 9.17) is 5.73 Å². The fraction of sp³-hybridized carbons (Fsp3) is 0. The molecule has 4 aromatic rings. The Morgan fingerprint density at radius 1 is 0.958 bits per heavy atom. The van der Waals surface area contributed by atoms with Gasteiger partial charge in [0.2, 0.25) is 5.13 Å². The highest BCUT2D eigenvalue weighted by Gasteiger charge is 2.14. The maximum atomic E-state index is 13.1. The van der Waals surface area contributed by atoms with E-state index in [2.05, 4.69) is 10.1 Å². The zero-order valence-corrected chi connectivity index (χ0v) is 13.4. The van der Waals surface area contributed by atoms with Crippen molar-refractivity contribution in [3.8, 4) is 27.5 Å². The van der Waals surface area contributed by atoms with Gasteiger partial charge in [-0.15, -0.1) is 11.3 Å². The van der Waals surface area contributed by atoms with Crippen LogP contribution in [0.5, 0.6) is 0 Å². The number of nitrogens with zero attached hydrogens (tertiary/aromatic N) is 3. The van der Waals surface area contributed by atoms with E-state index in [1.54, 1.807) is 23.0 Å². The molecule has 4 nitrogen and oxygen atoms in total. The normalized spacial score (nSPS) is 10.9. The van der Waals surface area contributed by atoms with E-state index in [9.17, 15) is 4.39 Å². The molecule has 2 heterocycles. The molecule has 0 aliphatic heterocycles. The van der Waals surface area contributed by atoms with Gasteiger partial charge in [-0.2, -0.15) is 9.78 Å². The van der Waals surface area contributed by atoms with Crippen molar-refractivity contribution < 1.29 is 4.39 Å². The van der Waals surface area contributed by atoms with Crippen LogP contribution in [0.1, 0.15) is 0 Å². The van der Waals surface area contributed by atoms with Crippen molar-refractivity contribution in [1.29, 1.82) is 0 Å². The number of hydrogen-bond acceptors (Lipinski definition) is 4. The predicted molar refractivity (Wildman–Crippen MR) is 94.5 cm³/mol. The van der Waals surface area contributed by atoms with E-state index in [1.165, 1.54) is 23.5 Å². The van der Waals surface area contributed by atoms with Crippen molar-refractivity contribution in [3.63, 3.8) is 0 Å². The lowest BCUT2D eigenvalue weighted by Crippen LogP contribution is -2.01. The van der Waals surface area contributed by atoms with Gasteiger partial charge in [0.1, 0.15) is 11.6 Å². The molecule has 0 saturated heterocycles. The molecule has 4 rings (SSSR count). The molecular formula is C18H13FN4S. The van der Waals surface area contributed by atoms with Crippen LogP contribution in [-0.4, -0.2) is 14.8 Å². The first-order chi connectivity index (χ1) is 11.7. The molecule has 0 bridgehead atoms. The summed E-state index contributed by atoms with van der Waals surface area (Å²) < 4.78 is 14.7. The van der Waals surface area contributed by atoms with Gasteiger partial charge in [-0.3, -0.25) is 0 Å². The summed E-state index contributed by atoms with van der Waals surface area (Å²) in [7, 11) is 0. The molecule has 118 valence electrons. The lowest BCUT2D eigenvalue weighted by atomic mass is 10.1. The number of hydrogen-bond donors (Lipinski definition) is 1. The van der Waals surface area contributed by atoms with Crippen LogP contribution < -0.4 is 5.73 Å². The average Bonchev–Trinajstić information content (AvgIpc) is 3.23. The Kier molecular flexibility index (Phi) is 3.59. The highest BCUT2D eigenvalue weighted by atomic mass is 32.1. The van der Waals surface area contributed by atoms with E-state index < -0.39 is 0 Å². The minimum Gasteiger partial charge on any atom is -0.383 e.